The molecule has 0 spiro atoms. The molecule has 2 aliphatic rings. The molecule has 5 rings (SSSR count). The zero-order valence-electron chi connectivity index (χ0n) is 25.9. The average molecular weight is 791 g/mol. The van der Waals surface area contributed by atoms with Gasteiger partial charge in [0.2, 0.25) is 5.54 Å². The van der Waals surface area contributed by atoms with Gasteiger partial charge in [0, 0.05) is 23.1 Å². The van der Waals surface area contributed by atoms with E-state index in [2.05, 4.69) is 10.1 Å². The number of hydrogen-bond donors (Lipinski definition) is 2. The van der Waals surface area contributed by atoms with Gasteiger partial charge in [-0.05, 0) is 72.0 Å². The SMILES string of the molecule is CNC(=O)[C@@H]1C[C@@H](O)C[N+]1(C)C1(c2cc(C)ccc2OC)C(=O)N(S(=O)(=O)c2ccc(OC)cc2OC(F)(F)F)c2ccc(I)cc21. The lowest BCUT2D eigenvalue weighted by Gasteiger charge is -2.48. The van der Waals surface area contributed by atoms with E-state index >= 15 is 4.79 Å². The molecular weight excluding hydrogens is 758 g/mol. The molecule has 1 saturated heterocycles. The van der Waals surface area contributed by atoms with Crippen LogP contribution in [0.4, 0.5) is 18.9 Å². The predicted molar refractivity (Wildman–Crippen MR) is 172 cm³/mol. The minimum atomic E-state index is -5.29. The summed E-state index contributed by atoms with van der Waals surface area (Å²) in [6.07, 6.45) is -6.43. The second kappa shape index (κ2) is 12.1. The quantitative estimate of drug-likeness (QED) is 0.261. The summed E-state index contributed by atoms with van der Waals surface area (Å²) in [5.74, 6) is -2.63. The third-order valence-electron chi connectivity index (χ3n) is 8.79. The molecule has 3 aromatic rings. The van der Waals surface area contributed by atoms with Gasteiger partial charge in [0.25, 0.3) is 15.9 Å². The van der Waals surface area contributed by atoms with Crippen LogP contribution in [0, 0.1) is 10.5 Å². The summed E-state index contributed by atoms with van der Waals surface area (Å²) < 4.78 is 85.4. The van der Waals surface area contributed by atoms with Crippen molar-refractivity contribution in [3.8, 4) is 17.2 Å². The molecule has 3 aromatic carbocycles. The monoisotopic (exact) mass is 790 g/mol. The molecule has 2 unspecified atom stereocenters. The van der Waals surface area contributed by atoms with Gasteiger partial charge in [0.1, 0.15) is 29.0 Å². The molecule has 4 atom stereocenters. The summed E-state index contributed by atoms with van der Waals surface area (Å²) in [7, 11) is 0.375. The van der Waals surface area contributed by atoms with Crippen LogP contribution in [0.3, 0.4) is 0 Å². The van der Waals surface area contributed by atoms with Gasteiger partial charge < -0.3 is 24.6 Å². The highest BCUT2D eigenvalue weighted by Gasteiger charge is 2.72. The molecule has 2 aliphatic heterocycles. The third-order valence-corrected chi connectivity index (χ3v) is 11.2. The van der Waals surface area contributed by atoms with E-state index in [4.69, 9.17) is 9.47 Å². The Morgan fingerprint density at radius 3 is 2.38 bits per heavy atom. The fourth-order valence-electron chi connectivity index (χ4n) is 6.88. The second-order valence-corrected chi connectivity index (χ2v) is 14.5. The number of rotatable bonds is 8. The molecule has 2 heterocycles. The highest BCUT2D eigenvalue weighted by Crippen LogP contribution is 2.58. The number of fused-ring (bicyclic) bond motifs is 1. The zero-order chi connectivity index (χ0) is 34.7. The van der Waals surface area contributed by atoms with E-state index in [0.717, 1.165) is 18.2 Å². The number of aliphatic hydroxyl groups excluding tert-OH is 1. The number of hydrogen-bond acceptors (Lipinski definition) is 8. The van der Waals surface area contributed by atoms with Crippen molar-refractivity contribution in [2.45, 2.75) is 42.3 Å². The third kappa shape index (κ3) is 5.47. The molecule has 0 bridgehead atoms. The number of amides is 2. The van der Waals surface area contributed by atoms with Gasteiger partial charge in [0.15, 0.2) is 11.8 Å². The number of quaternary nitrogens is 1. The zero-order valence-corrected chi connectivity index (χ0v) is 28.9. The lowest BCUT2D eigenvalue weighted by molar-refractivity contribution is -0.953. The Hall–Kier alpha value is -3.61. The minimum Gasteiger partial charge on any atom is -0.497 e. The van der Waals surface area contributed by atoms with Gasteiger partial charge in [-0.25, -0.2) is 8.42 Å². The minimum absolute atomic E-state index is 0.0621. The fourth-order valence-corrected chi connectivity index (χ4v) is 8.93. The van der Waals surface area contributed by atoms with Gasteiger partial charge in [0.05, 0.1) is 38.1 Å². The first-order chi connectivity index (χ1) is 22.0. The molecular formula is C31H32F3IN3O8S+. The molecule has 2 amide bonds. The summed E-state index contributed by atoms with van der Waals surface area (Å²) in [5.41, 5.74) is -1.19. The van der Waals surface area contributed by atoms with Crippen molar-refractivity contribution in [3.63, 3.8) is 0 Å². The largest absolute Gasteiger partial charge is 0.573 e. The van der Waals surface area contributed by atoms with Crippen LogP contribution in [0.1, 0.15) is 23.1 Å². The van der Waals surface area contributed by atoms with E-state index < -0.39 is 61.0 Å². The van der Waals surface area contributed by atoms with E-state index in [1.165, 1.54) is 27.3 Å². The molecule has 2 N–H and O–H groups in total. The average Bonchev–Trinajstić information content (AvgIpc) is 3.46. The molecule has 11 nitrogen and oxygen atoms in total. The molecule has 16 heteroatoms. The molecule has 1 fully saturated rings. The molecule has 0 saturated carbocycles. The number of nitrogens with one attached hydrogen (secondary N) is 1. The first kappa shape index (κ1) is 34.7. The van der Waals surface area contributed by atoms with Gasteiger partial charge in [-0.1, -0.05) is 11.6 Å². The van der Waals surface area contributed by atoms with Crippen molar-refractivity contribution in [1.82, 2.24) is 5.32 Å². The van der Waals surface area contributed by atoms with Crippen molar-refractivity contribution >= 4 is 50.1 Å². The Kier molecular flexibility index (Phi) is 8.96. The van der Waals surface area contributed by atoms with Crippen LogP contribution < -0.4 is 23.8 Å². The number of halogens is 4. The number of aryl methyl sites for hydroxylation is 1. The second-order valence-electron chi connectivity index (χ2n) is 11.5. The van der Waals surface area contributed by atoms with Gasteiger partial charge in [-0.2, -0.15) is 4.31 Å². The maximum atomic E-state index is 15.4. The number of likely N-dealkylation sites (N-methyl/N-ethyl adjacent to an activating group) is 2. The Balaban J connectivity index is 1.91. The van der Waals surface area contributed by atoms with Crippen molar-refractivity contribution in [3.05, 3.63) is 74.9 Å². The number of carbonyl (C=O) groups is 2. The normalized spacial score (nSPS) is 24.2. The Labute approximate surface area is 283 Å². The Morgan fingerprint density at radius 1 is 1.06 bits per heavy atom. The van der Waals surface area contributed by atoms with Crippen LogP contribution in [0.25, 0.3) is 0 Å². The topological polar surface area (TPSA) is 131 Å². The van der Waals surface area contributed by atoms with Gasteiger partial charge in [-0.3, -0.25) is 14.1 Å². The predicted octanol–water partition coefficient (Wildman–Crippen LogP) is 3.82. The summed E-state index contributed by atoms with van der Waals surface area (Å²) in [6.45, 7) is 1.60. The van der Waals surface area contributed by atoms with E-state index in [-0.39, 0.29) is 41.3 Å². The maximum Gasteiger partial charge on any atom is 0.573 e. The Bertz CT molecular complexity index is 1870. The number of aliphatic hydroxyl groups is 1. The summed E-state index contributed by atoms with van der Waals surface area (Å²) in [4.78, 5) is 28.0. The van der Waals surface area contributed by atoms with Crippen LogP contribution in [-0.2, 0) is 25.2 Å². The molecule has 0 aliphatic carbocycles. The van der Waals surface area contributed by atoms with E-state index in [9.17, 15) is 31.5 Å². The van der Waals surface area contributed by atoms with Crippen LogP contribution in [0.15, 0.2) is 59.5 Å². The molecule has 0 aromatic heterocycles. The number of alkyl halides is 3. The number of methoxy groups -OCH3 is 2. The summed E-state index contributed by atoms with van der Waals surface area (Å²) in [6, 6.07) is 11.2. The number of likely N-dealkylation sites (tertiary alicyclic amines) is 1. The number of nitrogens with zero attached hydrogens (tertiary/aromatic N) is 2. The number of sulfonamides is 1. The van der Waals surface area contributed by atoms with E-state index in [0.29, 0.717) is 13.4 Å². The van der Waals surface area contributed by atoms with Crippen molar-refractivity contribution < 1.29 is 55.0 Å². The van der Waals surface area contributed by atoms with Crippen LogP contribution >= 0.6 is 22.6 Å². The van der Waals surface area contributed by atoms with Gasteiger partial charge >= 0.3 is 12.3 Å². The van der Waals surface area contributed by atoms with Crippen molar-refractivity contribution in [2.75, 3.05) is 39.2 Å². The molecule has 252 valence electrons. The number of anilines is 1. The highest BCUT2D eigenvalue weighted by molar-refractivity contribution is 14.1. The lowest BCUT2D eigenvalue weighted by Crippen LogP contribution is -2.69. The lowest BCUT2D eigenvalue weighted by atomic mass is 9.78. The fraction of sp³-hybridized carbons (Fsp3) is 0.355. The summed E-state index contributed by atoms with van der Waals surface area (Å²) >= 11 is 2.00. The summed E-state index contributed by atoms with van der Waals surface area (Å²) in [5, 5.41) is 13.7. The standard InChI is InChI=1S/C31H31F3IN3O8S/c1-17-6-10-25(45-5)22(12-17)30(38(3)16-19(39)14-24(38)28(40)36-2)21-13-18(35)7-9-23(21)37(29(30)41)47(42,43)27-11-8-20(44-4)15-26(27)46-31(32,33)34/h6-13,15,19,24,39H,14,16H2,1-5H3/p+1/t19-,24+,30?,38?/m1/s1. The highest BCUT2D eigenvalue weighted by atomic mass is 127. The first-order valence-corrected chi connectivity index (χ1v) is 16.7. The van der Waals surface area contributed by atoms with Crippen LogP contribution in [-0.4, -0.2) is 83.2 Å². The number of carbonyl (C=O) groups excluding carboxylic acids is 2. The molecule has 0 radical (unpaired) electrons. The van der Waals surface area contributed by atoms with Crippen LogP contribution in [0.2, 0.25) is 0 Å². The van der Waals surface area contributed by atoms with E-state index in [1.807, 2.05) is 22.6 Å². The van der Waals surface area contributed by atoms with Crippen molar-refractivity contribution in [1.29, 1.82) is 0 Å². The molecule has 47 heavy (non-hydrogen) atoms. The first-order valence-electron chi connectivity index (χ1n) is 14.2. The van der Waals surface area contributed by atoms with Crippen LogP contribution in [0.5, 0.6) is 17.2 Å². The number of ether oxygens (including phenoxy) is 3. The van der Waals surface area contributed by atoms with Crippen molar-refractivity contribution in [2.24, 2.45) is 0 Å². The maximum absolute atomic E-state index is 15.4. The van der Waals surface area contributed by atoms with E-state index in [1.54, 1.807) is 44.3 Å². The Morgan fingerprint density at radius 2 is 1.77 bits per heavy atom. The number of benzene rings is 3. The van der Waals surface area contributed by atoms with Gasteiger partial charge in [-0.15, -0.1) is 13.2 Å². The smallest absolute Gasteiger partial charge is 0.497 e.